The largest absolute Gasteiger partial charge is 1.00 e. The van der Waals surface area contributed by atoms with Crippen molar-refractivity contribution >= 4 is 90.2 Å². The average molecular weight is 1330 g/mol. The topological polar surface area (TPSA) is 464 Å². The van der Waals surface area contributed by atoms with Gasteiger partial charge in [0.15, 0.2) is 0 Å². The van der Waals surface area contributed by atoms with E-state index >= 15 is 0 Å². The van der Waals surface area contributed by atoms with Crippen molar-refractivity contribution < 1.29 is 299 Å². The second-order valence-corrected chi connectivity index (χ2v) is 28.0. The Morgan fingerprint density at radius 2 is 0.405 bits per heavy atom. The third-order valence-electron chi connectivity index (χ3n) is 9.38. The smallest absolute Gasteiger partial charge is 0.744 e. The van der Waals surface area contributed by atoms with Crippen molar-refractivity contribution in [3.8, 4) is 23.0 Å². The van der Waals surface area contributed by atoms with Crippen molar-refractivity contribution in [1.29, 1.82) is 0 Å². The van der Waals surface area contributed by atoms with E-state index in [1.807, 2.05) is 0 Å². The summed E-state index contributed by atoms with van der Waals surface area (Å²) < 4.78 is 336. The predicted octanol–water partition coefficient (Wildman–Crippen LogP) is -16.5. The molecule has 0 aliphatic heterocycles. The molecule has 392 valence electrons. The molecule has 6 aromatic rings. The van der Waals surface area contributed by atoms with Crippen LogP contribution in [0.25, 0.3) is 0 Å². The first-order valence-corrected chi connectivity index (χ1v) is 31.0. The van der Waals surface area contributed by atoms with E-state index < -0.39 is 184 Å². The summed E-state index contributed by atoms with van der Waals surface area (Å²) in [5.74, 6) is -8.40. The van der Waals surface area contributed by atoms with Gasteiger partial charge in [0, 0.05) is 0 Å². The fraction of sp³-hybridized carbons (Fsp3) is 0. The van der Waals surface area contributed by atoms with Crippen molar-refractivity contribution in [2.24, 2.45) is 0 Å². The van der Waals surface area contributed by atoms with Crippen LogP contribution in [0.1, 0.15) is 0 Å². The van der Waals surface area contributed by atoms with E-state index in [1.165, 1.54) is 0 Å². The minimum absolute atomic E-state index is 0. The van der Waals surface area contributed by atoms with Crippen LogP contribution in [-0.4, -0.2) is 103 Å². The number of rotatable bonds is 16. The first kappa shape index (κ1) is 79.1. The van der Waals surface area contributed by atoms with Crippen LogP contribution in [-0.2, 0) is 90.2 Å². The fourth-order valence-corrected chi connectivity index (χ4v) is 14.1. The molecule has 79 heavy (non-hydrogen) atoms. The predicted molar refractivity (Wildman–Crippen MR) is 223 cm³/mol. The maximum Gasteiger partial charge on any atom is 1.00 e. The second kappa shape index (κ2) is 28.3. The van der Waals surface area contributed by atoms with Gasteiger partial charge in [-0.3, -0.25) is 0 Å². The molecule has 0 heterocycles. The zero-order valence-electron chi connectivity index (χ0n) is 40.4. The summed E-state index contributed by atoms with van der Waals surface area (Å²) in [5, 5.41) is 0. The van der Waals surface area contributed by atoms with E-state index in [-0.39, 0.29) is 226 Å². The molecule has 0 aliphatic rings. The van der Waals surface area contributed by atoms with Gasteiger partial charge in [-0.15, -0.1) is 0 Å². The van der Waals surface area contributed by atoms with Gasteiger partial charge in [-0.2, -0.15) is 0 Å². The van der Waals surface area contributed by atoms with Crippen LogP contribution < -0.4 is 187 Å². The van der Waals surface area contributed by atoms with Crippen molar-refractivity contribution in [2.45, 2.75) is 58.7 Å². The summed E-state index contributed by atoms with van der Waals surface area (Å²) in [7, 11) is -50.7. The van der Waals surface area contributed by atoms with Crippen LogP contribution in [0.3, 0.4) is 0 Å². The molecule has 0 N–H and O–H groups in total. The first-order valence-electron chi connectivity index (χ1n) is 18.1. The van der Waals surface area contributed by atoms with Gasteiger partial charge in [0.25, 0.3) is 0 Å². The first-order chi connectivity index (χ1) is 33.0. The summed E-state index contributed by atoms with van der Waals surface area (Å²) in [6, 6.07) is 5.04. The minimum Gasteiger partial charge on any atom is -0.744 e. The normalized spacial score (nSPS) is 12.4. The fourth-order valence-electron chi connectivity index (χ4n) is 6.07. The van der Waals surface area contributed by atoms with Crippen LogP contribution in [0.15, 0.2) is 168 Å². The van der Waals surface area contributed by atoms with Gasteiger partial charge in [0.1, 0.15) is 95.3 Å². The van der Waals surface area contributed by atoms with Crippen LogP contribution in [0.2, 0.25) is 0 Å². The van der Waals surface area contributed by atoms with E-state index in [0.717, 1.165) is 0 Å². The van der Waals surface area contributed by atoms with E-state index in [2.05, 4.69) is 0 Å². The number of sulfone groups is 3. The Hall–Kier alpha value is 0.0900. The van der Waals surface area contributed by atoms with Crippen LogP contribution in [0, 0.1) is 11.6 Å². The maximum atomic E-state index is 14.0. The van der Waals surface area contributed by atoms with Crippen LogP contribution >= 0.6 is 0 Å². The van der Waals surface area contributed by atoms with Gasteiger partial charge in [-0.25, -0.2) is 84.5 Å². The van der Waals surface area contributed by atoms with E-state index in [1.54, 1.807) is 0 Å². The molecule has 0 unspecified atom stereocenters. The van der Waals surface area contributed by atoms with E-state index in [0.29, 0.717) is 60.7 Å². The third-order valence-corrected chi connectivity index (χ3v) is 19.8. The summed E-state index contributed by atoms with van der Waals surface area (Å²) in [6.45, 7) is 0. The van der Waals surface area contributed by atoms with E-state index in [4.69, 9.17) is 9.47 Å². The summed E-state index contributed by atoms with van der Waals surface area (Å²) in [4.78, 5) is -17.0. The van der Waals surface area contributed by atoms with Gasteiger partial charge in [-0.1, -0.05) is 0 Å². The number of hydrogen-bond acceptors (Lipinski definition) is 26. The molecular weight excluding hydrogens is 1310 g/mol. The number of hydrogen-bond donors (Lipinski definition) is 0. The molecule has 6 aromatic carbocycles. The number of ether oxygens (including phenoxy) is 2. The summed E-state index contributed by atoms with van der Waals surface area (Å²) in [5.41, 5.74) is 0. The van der Waals surface area contributed by atoms with Crippen molar-refractivity contribution in [3.05, 3.63) is 121 Å². The summed E-state index contributed by atoms with van der Waals surface area (Å²) in [6.07, 6.45) is 0. The molecule has 0 aromatic heterocycles. The Morgan fingerprint density at radius 3 is 0.570 bits per heavy atom. The zero-order chi connectivity index (χ0) is 55.0. The Balaban J connectivity index is 0.0000101. The maximum absolute atomic E-state index is 14.0. The number of halogens is 2. The molecule has 0 amide bonds. The van der Waals surface area contributed by atoms with Gasteiger partial charge < -0.3 is 36.8 Å². The molecule has 0 bridgehead atoms. The van der Waals surface area contributed by atoms with Gasteiger partial charge >= 0.3 is 177 Å². The van der Waals surface area contributed by atoms with Gasteiger partial charge in [0.05, 0.1) is 58.7 Å². The Morgan fingerprint density at radius 1 is 0.253 bits per heavy atom. The molecule has 0 atom stereocenters. The zero-order valence-corrected chi connectivity index (χ0v) is 59.8. The molecule has 0 aliphatic carbocycles. The van der Waals surface area contributed by atoms with Crippen molar-refractivity contribution in [2.75, 3.05) is 0 Å². The monoisotopic (exact) mass is 1330 g/mol. The Bertz CT molecular complexity index is 4180. The van der Waals surface area contributed by atoms with Gasteiger partial charge in [-0.05, 0) is 109 Å². The molecule has 0 spiro atoms. The average Bonchev–Trinajstić information content (AvgIpc) is 3.24. The molecule has 0 fully saturated rings. The second-order valence-electron chi connectivity index (χ2n) is 14.1. The number of benzene rings is 6. The van der Waals surface area contributed by atoms with Crippen LogP contribution in [0.5, 0.6) is 23.0 Å². The third kappa shape index (κ3) is 18.1. The minimum atomic E-state index is -5.98. The molecule has 0 saturated carbocycles. The van der Waals surface area contributed by atoms with Crippen molar-refractivity contribution in [3.63, 3.8) is 0 Å². The molecule has 0 saturated heterocycles. The quantitative estimate of drug-likeness (QED) is 0.0493. The van der Waals surface area contributed by atoms with Crippen LogP contribution in [0.4, 0.5) is 8.78 Å². The molecule has 26 nitrogen and oxygen atoms in total. The standard InChI is InChI=1S/C36H24F2O26S9.6Na/c37-25-7-1-19(13-31(25)68(45,46)47)65(39,40)21-3-9-27(33(15-21)70(51,52)53)63-29-11-5-23(17-35(29)72(57,58)59)67(43,44)24-6-12-30(36(18-24)73(60,61)62)64-28-10-4-22(16-34(28)71(54,55)56)66(41,42)20-2-8-26(38)32(14-20)69(48,49)50;;;;;;/h1-18H,(H,45,46,47)(H,48,49,50)(H,51,52,53)(H,54,55,56)(H,57,58,59)(H,60,61,62);;;;;;/q;6*+1/p-6. The Labute approximate surface area is 581 Å². The van der Waals surface area contributed by atoms with Gasteiger partial charge in [0.2, 0.25) is 29.5 Å². The molecule has 43 heteroatoms. The van der Waals surface area contributed by atoms with Crippen molar-refractivity contribution in [1.82, 2.24) is 0 Å². The Kier molecular flexibility index (Phi) is 28.3. The molecular formula is C36H18F2Na6O26S9. The molecule has 6 rings (SSSR count). The SMILES string of the molecule is O=S(=O)([O-])c1cc(S(=O)(=O)c2ccc(Oc3ccc(S(=O)(=O)c4ccc(Oc5ccc(S(=O)(=O)c6ccc(F)c(S(=O)(=O)[O-])c6)cc5S(=O)(=O)[O-])c(S(=O)(=O)[O-])c4)cc3S(=O)(=O)[O-])c(S(=O)(=O)[O-])c2)ccc1F.[Na+].[Na+].[Na+].[Na+].[Na+].[Na+]. The summed E-state index contributed by atoms with van der Waals surface area (Å²) >= 11 is 0. The molecule has 0 radical (unpaired) electrons. The van der Waals surface area contributed by atoms with E-state index in [9.17, 15) is 112 Å².